The summed E-state index contributed by atoms with van der Waals surface area (Å²) in [4.78, 5) is 69.0. The molecule has 3 heterocycles. The molecule has 300 valence electrons. The number of nitrogens with zero attached hydrogens (tertiary/aromatic N) is 5. The van der Waals surface area contributed by atoms with E-state index in [9.17, 15) is 19.2 Å². The molecule has 2 atom stereocenters. The van der Waals surface area contributed by atoms with E-state index < -0.39 is 12.0 Å². The largest absolute Gasteiger partial charge is 0.493 e. The van der Waals surface area contributed by atoms with Crippen molar-refractivity contribution < 1.29 is 33.4 Å². The summed E-state index contributed by atoms with van der Waals surface area (Å²) >= 11 is 1.10. The fraction of sp³-hybridized carbons (Fsp3) is 0.318. The van der Waals surface area contributed by atoms with Gasteiger partial charge in [0.25, 0.3) is 5.91 Å². The summed E-state index contributed by atoms with van der Waals surface area (Å²) in [6.45, 7) is 4.47. The van der Waals surface area contributed by atoms with Crippen molar-refractivity contribution in [2.45, 2.75) is 32.4 Å². The molecule has 13 nitrogen and oxygen atoms in total. The Morgan fingerprint density at radius 1 is 0.810 bits per heavy atom. The molecule has 14 heteroatoms. The number of hydrogen-bond donors (Lipinski definition) is 1. The van der Waals surface area contributed by atoms with E-state index in [4.69, 9.17) is 24.2 Å². The molecule has 0 spiro atoms. The van der Waals surface area contributed by atoms with Crippen LogP contribution in [0, 0.1) is 5.92 Å². The zero-order valence-electron chi connectivity index (χ0n) is 32.8. The van der Waals surface area contributed by atoms with Crippen molar-refractivity contribution in [3.05, 3.63) is 114 Å². The normalized spacial score (nSPS) is 15.8. The van der Waals surface area contributed by atoms with Gasteiger partial charge in [-0.05, 0) is 48.7 Å². The van der Waals surface area contributed by atoms with Crippen LogP contribution in [0.5, 0.6) is 17.2 Å². The molecule has 0 bridgehead atoms. The van der Waals surface area contributed by atoms with E-state index in [1.54, 1.807) is 72.4 Å². The first-order chi connectivity index (χ1) is 28.2. The summed E-state index contributed by atoms with van der Waals surface area (Å²) < 4.78 is 17.0. The number of ether oxygens (including phenoxy) is 3. The van der Waals surface area contributed by atoms with Crippen molar-refractivity contribution in [1.29, 1.82) is 0 Å². The first kappa shape index (κ1) is 40.1. The lowest BCUT2D eigenvalue weighted by molar-refractivity contribution is -0.139. The van der Waals surface area contributed by atoms with Gasteiger partial charge >= 0.3 is 0 Å². The van der Waals surface area contributed by atoms with E-state index in [1.807, 2.05) is 53.4 Å². The molecule has 2 saturated heterocycles. The fourth-order valence-corrected chi connectivity index (χ4v) is 7.97. The van der Waals surface area contributed by atoms with Gasteiger partial charge in [0.15, 0.2) is 11.5 Å². The lowest BCUT2D eigenvalue weighted by atomic mass is 10.1. The van der Waals surface area contributed by atoms with Crippen LogP contribution in [0.15, 0.2) is 97.1 Å². The van der Waals surface area contributed by atoms with Crippen LogP contribution in [-0.2, 0) is 16.2 Å². The summed E-state index contributed by atoms with van der Waals surface area (Å²) in [6.07, 6.45) is 1.16. The van der Waals surface area contributed by atoms with Crippen LogP contribution in [-0.4, -0.2) is 101 Å². The van der Waals surface area contributed by atoms with Gasteiger partial charge in [0.2, 0.25) is 22.9 Å². The molecule has 58 heavy (non-hydrogen) atoms. The van der Waals surface area contributed by atoms with Gasteiger partial charge in [-0.2, -0.15) is 4.98 Å². The Hall–Kier alpha value is -6.15. The molecule has 0 saturated carbocycles. The third-order valence-corrected chi connectivity index (χ3v) is 11.5. The number of thioether (sulfide) groups is 1. The van der Waals surface area contributed by atoms with E-state index >= 15 is 0 Å². The molecule has 2 aliphatic rings. The summed E-state index contributed by atoms with van der Waals surface area (Å²) in [5, 5.41) is 3.46. The summed E-state index contributed by atoms with van der Waals surface area (Å²) in [6, 6.07) is 28.8. The van der Waals surface area contributed by atoms with Gasteiger partial charge in [-0.3, -0.25) is 19.2 Å². The van der Waals surface area contributed by atoms with Crippen LogP contribution in [0.4, 0.5) is 11.8 Å². The smallest absolute Gasteiger partial charge is 0.253 e. The Kier molecular flexibility index (Phi) is 12.7. The number of anilines is 2. The van der Waals surface area contributed by atoms with Crippen molar-refractivity contribution in [2.75, 3.05) is 62.9 Å². The number of hydrogen-bond acceptors (Lipinski definition) is 11. The molecule has 0 aliphatic carbocycles. The number of methoxy groups -OCH3 is 2. The van der Waals surface area contributed by atoms with Crippen molar-refractivity contribution in [3.8, 4) is 17.2 Å². The molecule has 0 radical (unpaired) electrons. The lowest BCUT2D eigenvalue weighted by Crippen LogP contribution is -2.49. The maximum Gasteiger partial charge on any atom is 0.253 e. The van der Waals surface area contributed by atoms with E-state index in [-0.39, 0.29) is 28.7 Å². The maximum absolute atomic E-state index is 14.0. The van der Waals surface area contributed by atoms with Crippen LogP contribution in [0.1, 0.15) is 46.0 Å². The zero-order chi connectivity index (χ0) is 40.6. The highest BCUT2D eigenvalue weighted by Gasteiger charge is 2.37. The number of aromatic nitrogens is 2. The van der Waals surface area contributed by atoms with Crippen LogP contribution in [0.3, 0.4) is 0 Å². The predicted octanol–water partition coefficient (Wildman–Crippen LogP) is 6.33. The number of rotatable bonds is 13. The minimum Gasteiger partial charge on any atom is -0.493 e. The summed E-state index contributed by atoms with van der Waals surface area (Å²) in [5.41, 5.74) is 2.74. The van der Waals surface area contributed by atoms with E-state index in [2.05, 4.69) is 5.32 Å². The van der Waals surface area contributed by atoms with Crippen LogP contribution >= 0.6 is 11.8 Å². The van der Waals surface area contributed by atoms with Crippen molar-refractivity contribution in [3.63, 3.8) is 0 Å². The Morgan fingerprint density at radius 3 is 2.17 bits per heavy atom. The van der Waals surface area contributed by atoms with Crippen LogP contribution in [0.2, 0.25) is 0 Å². The molecule has 7 rings (SSSR count). The number of likely N-dealkylation sites (tertiary alicyclic amines) is 1. The number of amides is 3. The first-order valence-corrected chi connectivity index (χ1v) is 20.3. The second-order valence-electron chi connectivity index (χ2n) is 14.2. The third kappa shape index (κ3) is 9.18. The molecular weight excluding hydrogens is 757 g/mol. The summed E-state index contributed by atoms with van der Waals surface area (Å²) in [7, 11) is 3.07. The van der Waals surface area contributed by atoms with Crippen LogP contribution in [0.25, 0.3) is 10.9 Å². The minimum absolute atomic E-state index is 0.0788. The number of benzene rings is 4. The number of nitrogens with one attached hydrogen (secondary N) is 1. The molecular formula is C44H46N6O7S. The molecule has 4 aromatic carbocycles. The second-order valence-corrected chi connectivity index (χ2v) is 15.2. The van der Waals surface area contributed by atoms with Crippen LogP contribution < -0.4 is 24.4 Å². The summed E-state index contributed by atoms with van der Waals surface area (Å²) in [5.74, 6) is 1.46. The molecule has 1 aromatic heterocycles. The Bertz CT molecular complexity index is 2250. The van der Waals surface area contributed by atoms with Gasteiger partial charge in [0.05, 0.1) is 19.7 Å². The maximum atomic E-state index is 14.0. The number of piperazine rings is 1. The second kappa shape index (κ2) is 18.4. The van der Waals surface area contributed by atoms with Gasteiger partial charge in [0.1, 0.15) is 24.2 Å². The Labute approximate surface area is 341 Å². The average Bonchev–Trinajstić information content (AvgIpc) is 3.78. The van der Waals surface area contributed by atoms with E-state index in [0.29, 0.717) is 103 Å². The number of carbonyl (C=O) groups excluding carboxylic acids is 4. The molecule has 2 aliphatic heterocycles. The monoisotopic (exact) mass is 802 g/mol. The predicted molar refractivity (Wildman–Crippen MR) is 224 cm³/mol. The molecule has 1 N–H and O–H groups in total. The van der Waals surface area contributed by atoms with Gasteiger partial charge in [-0.1, -0.05) is 79.3 Å². The standard InChI is InChI=1S/C44H46N6O7S/c1-29(28-58-43(54)32-13-8-5-9-14-32)41(52)50-20-10-15-36(50)40(51)46-39-34-25-37(55-2)38(56-3)26-35(34)45-44(47-39)49-23-21-48(22-24-49)42(53)31-16-18-33(19-17-31)57-27-30-11-6-4-7-12-30/h4-9,11-14,16-19,25-26,29,36H,10,15,20-24,27-28H2,1-3H3,(H,45,46,47,51)/t29?,36-/m0/s1. The average molecular weight is 803 g/mol. The zero-order valence-corrected chi connectivity index (χ0v) is 33.6. The molecule has 1 unspecified atom stereocenters. The molecule has 5 aromatic rings. The van der Waals surface area contributed by atoms with Crippen molar-refractivity contribution in [2.24, 2.45) is 5.92 Å². The Balaban J connectivity index is 1.03. The van der Waals surface area contributed by atoms with E-state index in [1.165, 1.54) is 7.11 Å². The topological polar surface area (TPSA) is 144 Å². The fourth-order valence-electron chi connectivity index (χ4n) is 7.12. The number of carbonyl (C=O) groups is 4. The quantitative estimate of drug-likeness (QED) is 0.143. The highest BCUT2D eigenvalue weighted by Crippen LogP contribution is 2.36. The van der Waals surface area contributed by atoms with Gasteiger partial charge < -0.3 is 34.2 Å². The molecule has 3 amide bonds. The number of fused-ring (bicyclic) bond motifs is 1. The van der Waals surface area contributed by atoms with Crippen molar-refractivity contribution >= 4 is 57.3 Å². The molecule has 2 fully saturated rings. The highest BCUT2D eigenvalue weighted by molar-refractivity contribution is 8.14. The lowest BCUT2D eigenvalue weighted by Gasteiger charge is -2.35. The van der Waals surface area contributed by atoms with Gasteiger partial charge in [-0.15, -0.1) is 0 Å². The third-order valence-electron chi connectivity index (χ3n) is 10.4. The highest BCUT2D eigenvalue weighted by atomic mass is 32.2. The minimum atomic E-state index is -0.711. The van der Waals surface area contributed by atoms with Crippen molar-refractivity contribution in [1.82, 2.24) is 19.8 Å². The van der Waals surface area contributed by atoms with Gasteiger partial charge in [-0.25, -0.2) is 4.98 Å². The SMILES string of the molecule is COc1cc2nc(N3CCN(C(=O)c4ccc(OCc5ccccc5)cc4)CC3)nc(NC(=O)[C@@H]3CCCN3C(=O)C(C)CSC(=O)c3ccccc3)c2cc1OC. The first-order valence-electron chi connectivity index (χ1n) is 19.3. The van der Waals surface area contributed by atoms with E-state index in [0.717, 1.165) is 17.3 Å². The Morgan fingerprint density at radius 2 is 1.48 bits per heavy atom. The van der Waals surface area contributed by atoms with Gasteiger partial charge in [0, 0.05) is 67.0 Å².